The Hall–Kier alpha value is -2.33. The van der Waals surface area contributed by atoms with E-state index in [1.807, 2.05) is 55.5 Å². The second-order valence-corrected chi connectivity index (χ2v) is 5.13. The zero-order valence-corrected chi connectivity index (χ0v) is 13.0. The third-order valence-corrected chi connectivity index (χ3v) is 3.21. The van der Waals surface area contributed by atoms with Crippen LogP contribution in [-0.2, 0) is 22.7 Å². The standard InChI is InChI=1S/C18H21NO3/c1-14-3-9-17(10-4-14)22-13-18(20)19-11-15-5-7-16(8-6-15)12-21-2/h3-10H,11-13H2,1-2H3,(H,19,20). The third kappa shape index (κ3) is 5.22. The molecule has 0 heterocycles. The minimum absolute atomic E-state index is 0.0187. The maximum atomic E-state index is 11.8. The molecule has 1 N–H and O–H groups in total. The number of hydrogen-bond acceptors (Lipinski definition) is 3. The summed E-state index contributed by atoms with van der Waals surface area (Å²) in [5, 5.41) is 2.84. The second-order valence-electron chi connectivity index (χ2n) is 5.13. The Bertz CT molecular complexity index is 591. The number of methoxy groups -OCH3 is 1. The van der Waals surface area contributed by atoms with Crippen LogP contribution < -0.4 is 10.1 Å². The van der Waals surface area contributed by atoms with Gasteiger partial charge in [0.1, 0.15) is 5.75 Å². The van der Waals surface area contributed by atoms with Crippen LogP contribution in [0.15, 0.2) is 48.5 Å². The van der Waals surface area contributed by atoms with Crippen LogP contribution in [0.5, 0.6) is 5.75 Å². The minimum atomic E-state index is -0.137. The van der Waals surface area contributed by atoms with E-state index in [1.165, 1.54) is 0 Å². The molecule has 0 atom stereocenters. The lowest BCUT2D eigenvalue weighted by Crippen LogP contribution is -2.28. The molecule has 0 aliphatic heterocycles. The van der Waals surface area contributed by atoms with Crippen molar-refractivity contribution in [2.75, 3.05) is 13.7 Å². The summed E-state index contributed by atoms with van der Waals surface area (Å²) in [6, 6.07) is 15.6. The highest BCUT2D eigenvalue weighted by atomic mass is 16.5. The maximum absolute atomic E-state index is 11.8. The fourth-order valence-corrected chi connectivity index (χ4v) is 1.96. The van der Waals surface area contributed by atoms with Crippen molar-refractivity contribution in [3.63, 3.8) is 0 Å². The first-order valence-electron chi connectivity index (χ1n) is 7.20. The largest absolute Gasteiger partial charge is 0.484 e. The lowest BCUT2D eigenvalue weighted by Gasteiger charge is -2.08. The predicted molar refractivity (Wildman–Crippen MR) is 85.7 cm³/mol. The van der Waals surface area contributed by atoms with Gasteiger partial charge < -0.3 is 14.8 Å². The zero-order chi connectivity index (χ0) is 15.8. The average Bonchev–Trinajstić information content (AvgIpc) is 2.54. The number of hydrogen-bond donors (Lipinski definition) is 1. The van der Waals surface area contributed by atoms with Crippen LogP contribution in [0.3, 0.4) is 0 Å². The first-order valence-corrected chi connectivity index (χ1v) is 7.20. The number of amides is 1. The van der Waals surface area contributed by atoms with E-state index in [0.717, 1.165) is 16.7 Å². The SMILES string of the molecule is COCc1ccc(CNC(=O)COc2ccc(C)cc2)cc1. The van der Waals surface area contributed by atoms with Gasteiger partial charge in [-0.2, -0.15) is 0 Å². The van der Waals surface area contributed by atoms with Crippen molar-refractivity contribution >= 4 is 5.91 Å². The van der Waals surface area contributed by atoms with Gasteiger partial charge in [-0.05, 0) is 30.2 Å². The highest BCUT2D eigenvalue weighted by Crippen LogP contribution is 2.11. The van der Waals surface area contributed by atoms with Gasteiger partial charge in [0.15, 0.2) is 6.61 Å². The number of nitrogens with one attached hydrogen (secondary N) is 1. The molecule has 1 amide bonds. The quantitative estimate of drug-likeness (QED) is 0.855. The smallest absolute Gasteiger partial charge is 0.258 e. The summed E-state index contributed by atoms with van der Waals surface area (Å²) >= 11 is 0. The molecule has 0 spiro atoms. The molecule has 0 aliphatic rings. The van der Waals surface area contributed by atoms with Crippen LogP contribution in [0, 0.1) is 6.92 Å². The monoisotopic (exact) mass is 299 g/mol. The summed E-state index contributed by atoms with van der Waals surface area (Å²) < 4.78 is 10.5. The molecular formula is C18H21NO3. The number of rotatable bonds is 7. The molecule has 2 rings (SSSR count). The van der Waals surface area contributed by atoms with Crippen LogP contribution in [0.25, 0.3) is 0 Å². The highest BCUT2D eigenvalue weighted by molar-refractivity contribution is 5.77. The number of benzene rings is 2. The average molecular weight is 299 g/mol. The summed E-state index contributed by atoms with van der Waals surface area (Å²) in [4.78, 5) is 11.8. The van der Waals surface area contributed by atoms with Crippen LogP contribution >= 0.6 is 0 Å². The van der Waals surface area contributed by atoms with Gasteiger partial charge in [0.05, 0.1) is 6.61 Å². The Morgan fingerprint density at radius 2 is 1.64 bits per heavy atom. The molecule has 2 aromatic rings. The molecular weight excluding hydrogens is 278 g/mol. The van der Waals surface area contributed by atoms with Gasteiger partial charge in [0, 0.05) is 13.7 Å². The molecule has 0 fully saturated rings. The lowest BCUT2D eigenvalue weighted by atomic mass is 10.1. The van der Waals surface area contributed by atoms with Gasteiger partial charge in [0.2, 0.25) is 0 Å². The zero-order valence-electron chi connectivity index (χ0n) is 13.0. The first kappa shape index (κ1) is 16.0. The molecule has 0 saturated carbocycles. The van der Waals surface area contributed by atoms with E-state index in [-0.39, 0.29) is 12.5 Å². The summed E-state index contributed by atoms with van der Waals surface area (Å²) in [5.74, 6) is 0.561. The Balaban J connectivity index is 1.74. The van der Waals surface area contributed by atoms with Crippen LogP contribution in [0.2, 0.25) is 0 Å². The Morgan fingerprint density at radius 1 is 1.00 bits per heavy atom. The first-order chi connectivity index (χ1) is 10.7. The topological polar surface area (TPSA) is 47.6 Å². The van der Waals surface area contributed by atoms with Crippen molar-refractivity contribution in [2.24, 2.45) is 0 Å². The lowest BCUT2D eigenvalue weighted by molar-refractivity contribution is -0.123. The van der Waals surface area contributed by atoms with E-state index in [9.17, 15) is 4.79 Å². The van der Waals surface area contributed by atoms with Gasteiger partial charge in [-0.1, -0.05) is 42.0 Å². The molecule has 0 saturated heterocycles. The minimum Gasteiger partial charge on any atom is -0.484 e. The molecule has 4 heteroatoms. The van der Waals surface area contributed by atoms with Crippen molar-refractivity contribution in [2.45, 2.75) is 20.1 Å². The molecule has 0 aliphatic carbocycles. The second kappa shape index (κ2) is 8.20. The van der Waals surface area contributed by atoms with Crippen LogP contribution in [-0.4, -0.2) is 19.6 Å². The van der Waals surface area contributed by atoms with E-state index in [4.69, 9.17) is 9.47 Å². The van der Waals surface area contributed by atoms with Crippen molar-refractivity contribution < 1.29 is 14.3 Å². The summed E-state index contributed by atoms with van der Waals surface area (Å²) in [5.41, 5.74) is 3.32. The molecule has 22 heavy (non-hydrogen) atoms. The molecule has 2 aromatic carbocycles. The maximum Gasteiger partial charge on any atom is 0.258 e. The summed E-state index contributed by atoms with van der Waals surface area (Å²) in [6.45, 7) is 3.11. The molecule has 4 nitrogen and oxygen atoms in total. The number of carbonyl (C=O) groups is 1. The van der Waals surface area contributed by atoms with Crippen LogP contribution in [0.1, 0.15) is 16.7 Å². The third-order valence-electron chi connectivity index (χ3n) is 3.21. The van der Waals surface area contributed by atoms with E-state index < -0.39 is 0 Å². The Morgan fingerprint density at radius 3 is 2.27 bits per heavy atom. The van der Waals surface area contributed by atoms with E-state index in [1.54, 1.807) is 7.11 Å². The van der Waals surface area contributed by atoms with Crippen molar-refractivity contribution in [1.29, 1.82) is 0 Å². The predicted octanol–water partition coefficient (Wildman–Crippen LogP) is 2.84. The Labute approximate surface area is 131 Å². The van der Waals surface area contributed by atoms with Crippen molar-refractivity contribution in [3.05, 3.63) is 65.2 Å². The van der Waals surface area contributed by atoms with E-state index in [0.29, 0.717) is 18.9 Å². The van der Waals surface area contributed by atoms with Gasteiger partial charge in [-0.15, -0.1) is 0 Å². The fourth-order valence-electron chi connectivity index (χ4n) is 1.96. The van der Waals surface area contributed by atoms with Crippen LogP contribution in [0.4, 0.5) is 0 Å². The van der Waals surface area contributed by atoms with Crippen molar-refractivity contribution in [3.8, 4) is 5.75 Å². The fraction of sp³-hybridized carbons (Fsp3) is 0.278. The molecule has 0 unspecified atom stereocenters. The van der Waals surface area contributed by atoms with E-state index >= 15 is 0 Å². The van der Waals surface area contributed by atoms with Gasteiger partial charge in [-0.25, -0.2) is 0 Å². The molecule has 0 bridgehead atoms. The Kier molecular flexibility index (Phi) is 5.98. The van der Waals surface area contributed by atoms with E-state index in [2.05, 4.69) is 5.32 Å². The highest BCUT2D eigenvalue weighted by Gasteiger charge is 2.03. The number of carbonyl (C=O) groups excluding carboxylic acids is 1. The van der Waals surface area contributed by atoms with Gasteiger partial charge in [0.25, 0.3) is 5.91 Å². The molecule has 0 radical (unpaired) electrons. The number of aryl methyl sites for hydroxylation is 1. The van der Waals surface area contributed by atoms with Gasteiger partial charge in [-0.3, -0.25) is 4.79 Å². The summed E-state index contributed by atoms with van der Waals surface area (Å²) in [7, 11) is 1.67. The normalized spacial score (nSPS) is 10.3. The summed E-state index contributed by atoms with van der Waals surface area (Å²) in [6.07, 6.45) is 0. The van der Waals surface area contributed by atoms with Gasteiger partial charge >= 0.3 is 0 Å². The molecule has 116 valence electrons. The van der Waals surface area contributed by atoms with Crippen molar-refractivity contribution in [1.82, 2.24) is 5.32 Å². The molecule has 0 aromatic heterocycles. The number of ether oxygens (including phenoxy) is 2.